The van der Waals surface area contributed by atoms with Gasteiger partial charge in [0.25, 0.3) is 0 Å². The van der Waals surface area contributed by atoms with Crippen molar-refractivity contribution in [2.75, 3.05) is 19.7 Å². The highest BCUT2D eigenvalue weighted by Crippen LogP contribution is 2.30. The van der Waals surface area contributed by atoms with E-state index in [4.69, 9.17) is 23.2 Å². The van der Waals surface area contributed by atoms with E-state index >= 15 is 0 Å². The SMILES string of the molecule is CCC(CO)NC(=O)C1CCN(S(=O)(=O)c2cc(Cl)ccc2Cl)CC1. The third-order valence-corrected chi connectivity index (χ3v) is 7.01. The van der Waals surface area contributed by atoms with Crippen molar-refractivity contribution in [1.29, 1.82) is 0 Å². The molecule has 0 spiro atoms. The Morgan fingerprint density at radius 2 is 2.00 bits per heavy atom. The molecule has 1 saturated heterocycles. The van der Waals surface area contributed by atoms with Gasteiger partial charge in [-0.15, -0.1) is 0 Å². The predicted octanol–water partition coefficient (Wildman–Crippen LogP) is 2.28. The fourth-order valence-electron chi connectivity index (χ4n) is 2.77. The molecule has 0 bridgehead atoms. The summed E-state index contributed by atoms with van der Waals surface area (Å²) in [4.78, 5) is 12.2. The Balaban J connectivity index is 2.04. The Morgan fingerprint density at radius 1 is 1.36 bits per heavy atom. The molecule has 0 radical (unpaired) electrons. The fourth-order valence-corrected chi connectivity index (χ4v) is 4.98. The number of carbonyl (C=O) groups is 1. The molecule has 1 fully saturated rings. The molecular weight excluding hydrogens is 387 g/mol. The molecule has 140 valence electrons. The average molecular weight is 409 g/mol. The lowest BCUT2D eigenvalue weighted by Crippen LogP contribution is -2.46. The van der Waals surface area contributed by atoms with Gasteiger partial charge < -0.3 is 10.4 Å². The Labute approximate surface area is 158 Å². The van der Waals surface area contributed by atoms with E-state index in [1.54, 1.807) is 0 Å². The summed E-state index contributed by atoms with van der Waals surface area (Å²) < 4.78 is 26.8. The van der Waals surface area contributed by atoms with Crippen LogP contribution in [0.1, 0.15) is 26.2 Å². The van der Waals surface area contributed by atoms with Crippen molar-refractivity contribution in [2.45, 2.75) is 37.1 Å². The van der Waals surface area contributed by atoms with Gasteiger partial charge in [-0.25, -0.2) is 8.42 Å². The van der Waals surface area contributed by atoms with Gasteiger partial charge >= 0.3 is 0 Å². The zero-order valence-electron chi connectivity index (χ0n) is 13.9. The van der Waals surface area contributed by atoms with Crippen LogP contribution in [0.15, 0.2) is 23.1 Å². The largest absolute Gasteiger partial charge is 0.394 e. The smallest absolute Gasteiger partial charge is 0.244 e. The second-order valence-electron chi connectivity index (χ2n) is 6.05. The van der Waals surface area contributed by atoms with Crippen molar-refractivity contribution in [2.24, 2.45) is 5.92 Å². The Kier molecular flexibility index (Phi) is 7.10. The van der Waals surface area contributed by atoms with Gasteiger partial charge in [-0.05, 0) is 37.5 Å². The van der Waals surface area contributed by atoms with E-state index in [0.29, 0.717) is 24.3 Å². The number of hydrogen-bond donors (Lipinski definition) is 2. The van der Waals surface area contributed by atoms with Crippen LogP contribution in [-0.2, 0) is 14.8 Å². The molecule has 2 rings (SSSR count). The van der Waals surface area contributed by atoms with Gasteiger partial charge in [0, 0.05) is 24.0 Å². The number of halogens is 2. The number of hydrogen-bond acceptors (Lipinski definition) is 4. The summed E-state index contributed by atoms with van der Waals surface area (Å²) in [6.45, 7) is 2.24. The molecule has 1 aliphatic heterocycles. The van der Waals surface area contributed by atoms with E-state index in [2.05, 4.69) is 5.32 Å². The van der Waals surface area contributed by atoms with Gasteiger partial charge in [-0.3, -0.25) is 4.79 Å². The number of aliphatic hydroxyl groups is 1. The minimum absolute atomic E-state index is 0.0177. The highest BCUT2D eigenvalue weighted by molar-refractivity contribution is 7.89. The number of piperidine rings is 1. The van der Waals surface area contributed by atoms with Gasteiger partial charge in [-0.2, -0.15) is 4.31 Å². The van der Waals surface area contributed by atoms with Crippen LogP contribution in [-0.4, -0.2) is 49.5 Å². The van der Waals surface area contributed by atoms with Crippen LogP contribution >= 0.6 is 23.2 Å². The number of nitrogens with one attached hydrogen (secondary N) is 1. The molecule has 1 aromatic carbocycles. The molecule has 0 aliphatic carbocycles. The van der Waals surface area contributed by atoms with Crippen molar-refractivity contribution >= 4 is 39.1 Å². The van der Waals surface area contributed by atoms with Crippen LogP contribution in [0.5, 0.6) is 0 Å². The summed E-state index contributed by atoms with van der Waals surface area (Å²) >= 11 is 11.9. The zero-order valence-corrected chi connectivity index (χ0v) is 16.2. The third kappa shape index (κ3) is 4.86. The van der Waals surface area contributed by atoms with E-state index in [1.807, 2.05) is 6.92 Å². The molecule has 1 aliphatic rings. The number of rotatable bonds is 6. The first-order valence-electron chi connectivity index (χ1n) is 8.16. The molecule has 1 amide bonds. The second-order valence-corrected chi connectivity index (χ2v) is 8.80. The van der Waals surface area contributed by atoms with Crippen molar-refractivity contribution in [3.8, 4) is 0 Å². The monoisotopic (exact) mass is 408 g/mol. The molecular formula is C16H22Cl2N2O4S. The number of benzene rings is 1. The summed E-state index contributed by atoms with van der Waals surface area (Å²) in [5.41, 5.74) is 0. The lowest BCUT2D eigenvalue weighted by molar-refractivity contribution is -0.127. The molecule has 1 atom stereocenters. The van der Waals surface area contributed by atoms with Crippen LogP contribution in [0.2, 0.25) is 10.0 Å². The standard InChI is InChI=1S/C16H22Cl2N2O4S/c1-2-13(10-21)19-16(22)11-5-7-20(8-6-11)25(23,24)15-9-12(17)3-4-14(15)18/h3-4,9,11,13,21H,2,5-8,10H2,1H3,(H,19,22). The van der Waals surface area contributed by atoms with Crippen molar-refractivity contribution in [1.82, 2.24) is 9.62 Å². The zero-order chi connectivity index (χ0) is 18.6. The first-order chi connectivity index (χ1) is 11.8. The lowest BCUT2D eigenvalue weighted by Gasteiger charge is -2.31. The normalized spacial score (nSPS) is 18.1. The number of aliphatic hydroxyl groups excluding tert-OH is 1. The molecule has 1 aromatic rings. The maximum absolute atomic E-state index is 12.8. The molecule has 2 N–H and O–H groups in total. The van der Waals surface area contributed by atoms with Crippen LogP contribution in [0.25, 0.3) is 0 Å². The summed E-state index contributed by atoms with van der Waals surface area (Å²) in [5.74, 6) is -0.402. The summed E-state index contributed by atoms with van der Waals surface area (Å²) in [5, 5.41) is 12.4. The van der Waals surface area contributed by atoms with Gasteiger partial charge in [0.15, 0.2) is 0 Å². The van der Waals surface area contributed by atoms with E-state index in [9.17, 15) is 18.3 Å². The highest BCUT2D eigenvalue weighted by atomic mass is 35.5. The number of sulfonamides is 1. The fraction of sp³-hybridized carbons (Fsp3) is 0.562. The molecule has 25 heavy (non-hydrogen) atoms. The maximum Gasteiger partial charge on any atom is 0.244 e. The van der Waals surface area contributed by atoms with Crippen LogP contribution in [0, 0.1) is 5.92 Å². The summed E-state index contributed by atoms with van der Waals surface area (Å²) in [6, 6.07) is 4.06. The second kappa shape index (κ2) is 8.68. The first kappa shape index (κ1) is 20.5. The quantitative estimate of drug-likeness (QED) is 0.755. The van der Waals surface area contributed by atoms with Crippen molar-refractivity contribution in [3.05, 3.63) is 28.2 Å². The third-order valence-electron chi connectivity index (χ3n) is 4.40. The topological polar surface area (TPSA) is 86.7 Å². The lowest BCUT2D eigenvalue weighted by atomic mass is 9.97. The first-order valence-corrected chi connectivity index (χ1v) is 10.4. The number of carbonyl (C=O) groups excluding carboxylic acids is 1. The van der Waals surface area contributed by atoms with Gasteiger partial charge in [0.05, 0.1) is 17.7 Å². The minimum atomic E-state index is -3.75. The Morgan fingerprint density at radius 3 is 2.56 bits per heavy atom. The molecule has 6 nitrogen and oxygen atoms in total. The van der Waals surface area contributed by atoms with E-state index in [1.165, 1.54) is 22.5 Å². The van der Waals surface area contributed by atoms with E-state index in [-0.39, 0.29) is 47.5 Å². The minimum Gasteiger partial charge on any atom is -0.394 e. The summed E-state index contributed by atoms with van der Waals surface area (Å²) in [7, 11) is -3.75. The van der Waals surface area contributed by atoms with Crippen molar-refractivity contribution < 1.29 is 18.3 Å². The van der Waals surface area contributed by atoms with Crippen molar-refractivity contribution in [3.63, 3.8) is 0 Å². The van der Waals surface area contributed by atoms with E-state index in [0.717, 1.165) is 0 Å². The Hall–Kier alpha value is -0.860. The summed E-state index contributed by atoms with van der Waals surface area (Å²) in [6.07, 6.45) is 1.49. The van der Waals surface area contributed by atoms with Gasteiger partial charge in [0.2, 0.25) is 15.9 Å². The van der Waals surface area contributed by atoms with Crippen LogP contribution in [0.4, 0.5) is 0 Å². The molecule has 0 aromatic heterocycles. The Bertz CT molecular complexity index is 715. The highest BCUT2D eigenvalue weighted by Gasteiger charge is 2.33. The van der Waals surface area contributed by atoms with Gasteiger partial charge in [-0.1, -0.05) is 30.1 Å². The van der Waals surface area contributed by atoms with Crippen LogP contribution < -0.4 is 5.32 Å². The van der Waals surface area contributed by atoms with E-state index < -0.39 is 10.0 Å². The number of amides is 1. The molecule has 1 unspecified atom stereocenters. The number of nitrogens with zero attached hydrogens (tertiary/aromatic N) is 1. The maximum atomic E-state index is 12.8. The molecule has 0 saturated carbocycles. The average Bonchev–Trinajstić information content (AvgIpc) is 2.61. The predicted molar refractivity (Wildman–Crippen MR) is 97.3 cm³/mol. The van der Waals surface area contributed by atoms with Gasteiger partial charge in [0.1, 0.15) is 4.90 Å². The molecule has 9 heteroatoms. The van der Waals surface area contributed by atoms with Crippen LogP contribution in [0.3, 0.4) is 0 Å². The molecule has 1 heterocycles.